The van der Waals surface area contributed by atoms with Crippen LogP contribution in [0.15, 0.2) is 10.5 Å². The lowest BCUT2D eigenvalue weighted by Crippen LogP contribution is -2.19. The summed E-state index contributed by atoms with van der Waals surface area (Å²) in [5.74, 6) is -0.747. The van der Waals surface area contributed by atoms with Crippen LogP contribution in [0.1, 0.15) is 5.56 Å². The Hall–Kier alpha value is -0.560. The molecule has 0 saturated heterocycles. The van der Waals surface area contributed by atoms with E-state index in [0.29, 0.717) is 0 Å². The zero-order valence-electron chi connectivity index (χ0n) is 6.77. The molecule has 1 heterocycles. The molecule has 0 amide bonds. The highest BCUT2D eigenvalue weighted by molar-refractivity contribution is 14.1. The zero-order chi connectivity index (χ0) is 11.6. The van der Waals surface area contributed by atoms with Crippen LogP contribution >= 0.6 is 38.5 Å². The van der Waals surface area contributed by atoms with Gasteiger partial charge in [-0.15, -0.1) is 13.2 Å². The lowest BCUT2D eigenvalue weighted by Gasteiger charge is -2.09. The minimum atomic E-state index is -4.86. The number of hydrogen-bond acceptors (Lipinski definition) is 3. The predicted octanol–water partition coefficient (Wildman–Crippen LogP) is 3.22. The number of pyridine rings is 1. The minimum absolute atomic E-state index is 0.212. The third kappa shape index (κ3) is 3.49. The Morgan fingerprint density at radius 2 is 2.13 bits per heavy atom. The van der Waals surface area contributed by atoms with Crippen molar-refractivity contribution in [3.63, 3.8) is 0 Å². The highest BCUT2D eigenvalue weighted by Crippen LogP contribution is 2.29. The quantitative estimate of drug-likeness (QED) is 0.544. The highest BCUT2D eigenvalue weighted by atomic mass is 127. The summed E-state index contributed by atoms with van der Waals surface area (Å²) in [6, 6.07) is 2.99. The van der Waals surface area contributed by atoms with E-state index in [1.165, 1.54) is 6.07 Å². The molecule has 1 rings (SSSR count). The molecule has 8 heteroatoms. The topological polar surface area (TPSA) is 45.9 Å². The third-order valence-corrected chi connectivity index (χ3v) is 2.41. The van der Waals surface area contributed by atoms with E-state index in [9.17, 15) is 13.2 Å². The second-order valence-electron chi connectivity index (χ2n) is 2.27. The molecular weight excluding hydrogens is 392 g/mol. The Balaban J connectivity index is 3.23. The SMILES string of the molecule is N#Cc1c(Br)cc(I)nc1OC(F)(F)F. The number of nitriles is 1. The first kappa shape index (κ1) is 12.5. The van der Waals surface area contributed by atoms with E-state index in [2.05, 4.69) is 25.7 Å². The summed E-state index contributed by atoms with van der Waals surface area (Å²) < 4.78 is 39.9. The fourth-order valence-corrected chi connectivity index (χ4v) is 2.18. The van der Waals surface area contributed by atoms with Crippen LogP contribution < -0.4 is 4.74 Å². The van der Waals surface area contributed by atoms with E-state index >= 15 is 0 Å². The van der Waals surface area contributed by atoms with Gasteiger partial charge < -0.3 is 4.74 Å². The highest BCUT2D eigenvalue weighted by Gasteiger charge is 2.33. The molecule has 0 radical (unpaired) electrons. The molecule has 0 spiro atoms. The number of hydrogen-bond donors (Lipinski definition) is 0. The maximum Gasteiger partial charge on any atom is 0.574 e. The summed E-state index contributed by atoms with van der Waals surface area (Å²) in [5.41, 5.74) is -0.284. The van der Waals surface area contributed by atoms with Gasteiger partial charge >= 0.3 is 6.36 Å². The van der Waals surface area contributed by atoms with Gasteiger partial charge in [-0.3, -0.25) is 0 Å². The van der Waals surface area contributed by atoms with E-state index < -0.39 is 12.2 Å². The Kier molecular flexibility index (Phi) is 3.77. The largest absolute Gasteiger partial charge is 0.574 e. The van der Waals surface area contributed by atoms with Crippen molar-refractivity contribution < 1.29 is 17.9 Å². The molecule has 0 aromatic carbocycles. The Morgan fingerprint density at radius 3 is 2.60 bits per heavy atom. The van der Waals surface area contributed by atoms with Gasteiger partial charge in [-0.1, -0.05) is 0 Å². The Bertz CT molecular complexity index is 429. The minimum Gasteiger partial charge on any atom is -0.386 e. The van der Waals surface area contributed by atoms with Crippen LogP contribution in [0.2, 0.25) is 0 Å². The van der Waals surface area contributed by atoms with Gasteiger partial charge in [0, 0.05) is 4.47 Å². The predicted molar refractivity (Wildman–Crippen MR) is 56.1 cm³/mol. The monoisotopic (exact) mass is 392 g/mol. The van der Waals surface area contributed by atoms with E-state index in [1.807, 2.05) is 0 Å². The molecule has 1 aromatic rings. The standard InChI is InChI=1S/C7HBrF3IN2O/c8-4-1-5(12)14-6(3(4)2-13)15-7(9,10)11/h1H. The maximum absolute atomic E-state index is 11.9. The van der Waals surface area contributed by atoms with Crippen molar-refractivity contribution in [2.75, 3.05) is 0 Å². The number of halogens is 5. The molecule has 0 aliphatic heterocycles. The van der Waals surface area contributed by atoms with Crippen molar-refractivity contribution in [3.05, 3.63) is 19.8 Å². The van der Waals surface area contributed by atoms with Crippen LogP contribution in [0.3, 0.4) is 0 Å². The van der Waals surface area contributed by atoms with Gasteiger partial charge in [0.1, 0.15) is 15.3 Å². The van der Waals surface area contributed by atoms with Gasteiger partial charge in [0.25, 0.3) is 0 Å². The van der Waals surface area contributed by atoms with Crippen molar-refractivity contribution in [3.8, 4) is 11.9 Å². The van der Waals surface area contributed by atoms with E-state index in [0.717, 1.165) is 0 Å². The molecule has 80 valence electrons. The van der Waals surface area contributed by atoms with Gasteiger partial charge in [-0.25, -0.2) is 4.98 Å². The summed E-state index contributed by atoms with van der Waals surface area (Å²) >= 11 is 4.67. The number of aromatic nitrogens is 1. The number of alkyl halides is 3. The molecular formula is C7HBrF3IN2O. The number of nitrogens with zero attached hydrogens (tertiary/aromatic N) is 2. The number of rotatable bonds is 1. The second-order valence-corrected chi connectivity index (χ2v) is 4.23. The maximum atomic E-state index is 11.9. The fraction of sp³-hybridized carbons (Fsp3) is 0.143. The molecule has 0 aliphatic rings. The zero-order valence-corrected chi connectivity index (χ0v) is 10.5. The normalized spacial score (nSPS) is 10.9. The molecule has 1 aromatic heterocycles. The summed E-state index contributed by atoms with van der Waals surface area (Å²) in [7, 11) is 0. The first-order chi connectivity index (χ1) is 6.83. The van der Waals surface area contributed by atoms with Crippen LogP contribution in [0.5, 0.6) is 5.88 Å². The van der Waals surface area contributed by atoms with Crippen LogP contribution in [-0.2, 0) is 0 Å². The molecule has 0 fully saturated rings. The summed E-state index contributed by atoms with van der Waals surface area (Å²) in [4.78, 5) is 3.48. The van der Waals surface area contributed by atoms with Crippen LogP contribution in [0.4, 0.5) is 13.2 Å². The van der Waals surface area contributed by atoms with Gasteiger partial charge in [0.2, 0.25) is 5.88 Å². The van der Waals surface area contributed by atoms with Crippen molar-refractivity contribution >= 4 is 38.5 Å². The van der Waals surface area contributed by atoms with Crippen LogP contribution in [0, 0.1) is 15.0 Å². The number of ether oxygens (including phenoxy) is 1. The summed E-state index contributed by atoms with van der Waals surface area (Å²) in [5, 5.41) is 8.62. The first-order valence-corrected chi connectivity index (χ1v) is 5.22. The average Bonchev–Trinajstić information content (AvgIpc) is 1.99. The Morgan fingerprint density at radius 1 is 1.53 bits per heavy atom. The molecule has 3 nitrogen and oxygen atoms in total. The van der Waals surface area contributed by atoms with Gasteiger partial charge in [0.15, 0.2) is 0 Å². The molecule has 0 saturated carbocycles. The smallest absolute Gasteiger partial charge is 0.386 e. The molecule has 0 aliphatic carbocycles. The molecule has 0 unspecified atom stereocenters. The van der Waals surface area contributed by atoms with Gasteiger partial charge in [0.05, 0.1) is 0 Å². The van der Waals surface area contributed by atoms with Gasteiger partial charge in [-0.2, -0.15) is 5.26 Å². The van der Waals surface area contributed by atoms with Crippen molar-refractivity contribution in [1.29, 1.82) is 5.26 Å². The molecule has 15 heavy (non-hydrogen) atoms. The molecule has 0 atom stereocenters. The molecule has 0 N–H and O–H groups in total. The fourth-order valence-electron chi connectivity index (χ4n) is 0.749. The van der Waals surface area contributed by atoms with E-state index in [4.69, 9.17) is 5.26 Å². The van der Waals surface area contributed by atoms with Gasteiger partial charge in [-0.05, 0) is 44.6 Å². The van der Waals surface area contributed by atoms with Crippen LogP contribution in [0.25, 0.3) is 0 Å². The summed E-state index contributed by atoms with van der Waals surface area (Å²) in [6.07, 6.45) is -4.86. The first-order valence-electron chi connectivity index (χ1n) is 3.35. The lowest BCUT2D eigenvalue weighted by atomic mass is 10.3. The van der Waals surface area contributed by atoms with Crippen molar-refractivity contribution in [2.24, 2.45) is 0 Å². The third-order valence-electron chi connectivity index (χ3n) is 1.23. The lowest BCUT2D eigenvalue weighted by molar-refractivity contribution is -0.276. The van der Waals surface area contributed by atoms with Crippen molar-refractivity contribution in [1.82, 2.24) is 4.98 Å². The average molecular weight is 393 g/mol. The Labute approximate surface area is 105 Å². The van der Waals surface area contributed by atoms with Crippen molar-refractivity contribution in [2.45, 2.75) is 6.36 Å². The summed E-state index contributed by atoms with van der Waals surface area (Å²) in [6.45, 7) is 0. The van der Waals surface area contributed by atoms with E-state index in [1.54, 1.807) is 28.7 Å². The van der Waals surface area contributed by atoms with E-state index in [-0.39, 0.29) is 13.7 Å². The molecule has 0 bridgehead atoms. The second kappa shape index (κ2) is 4.52. The van der Waals surface area contributed by atoms with Crippen LogP contribution in [-0.4, -0.2) is 11.3 Å².